The Morgan fingerprint density at radius 2 is 1.75 bits per heavy atom. The van der Waals surface area contributed by atoms with Gasteiger partial charge in [0.2, 0.25) is 5.91 Å². The van der Waals surface area contributed by atoms with Crippen LogP contribution in [-0.4, -0.2) is 32.2 Å². The summed E-state index contributed by atoms with van der Waals surface area (Å²) in [6, 6.07) is 8.25. The lowest BCUT2D eigenvalue weighted by Gasteiger charge is -2.33. The third kappa shape index (κ3) is 5.23. The molecule has 1 aromatic carbocycles. The molecule has 1 aliphatic heterocycles. The lowest BCUT2D eigenvalue weighted by atomic mass is 9.97. The van der Waals surface area contributed by atoms with Gasteiger partial charge in [0.25, 0.3) is 0 Å². The summed E-state index contributed by atoms with van der Waals surface area (Å²) < 4.78 is 5.43. The van der Waals surface area contributed by atoms with Crippen molar-refractivity contribution in [2.24, 2.45) is 5.92 Å². The summed E-state index contributed by atoms with van der Waals surface area (Å²) in [4.78, 5) is 14.8. The second-order valence-corrected chi connectivity index (χ2v) is 6.73. The van der Waals surface area contributed by atoms with Crippen molar-refractivity contribution in [3.63, 3.8) is 0 Å². The van der Waals surface area contributed by atoms with Gasteiger partial charge in [0.15, 0.2) is 0 Å². The fourth-order valence-corrected chi connectivity index (χ4v) is 3.45. The summed E-state index contributed by atoms with van der Waals surface area (Å²) in [5.41, 5.74) is 2.12. The first-order valence-electron chi connectivity index (χ1n) is 9.36. The van der Waals surface area contributed by atoms with Crippen LogP contribution in [0.2, 0.25) is 0 Å². The standard InChI is InChI=1S/C20H32N2O2/c1-4-6-16(7-5-2)20(23)21-17-8-10-18(11-9-17)22-14-12-19(24-3)13-15-22/h8-11,16,19H,4-7,12-15H2,1-3H3,(H,21,23). The SMILES string of the molecule is CCCC(CCC)C(=O)Nc1ccc(N2CCC(OC)CC2)cc1. The minimum absolute atomic E-state index is 0.132. The molecule has 0 aromatic heterocycles. The average Bonchev–Trinajstić information content (AvgIpc) is 2.62. The Balaban J connectivity index is 1.90. The number of methoxy groups -OCH3 is 1. The highest BCUT2D eigenvalue weighted by atomic mass is 16.5. The number of ether oxygens (including phenoxy) is 1. The molecule has 2 rings (SSSR count). The van der Waals surface area contributed by atoms with Gasteiger partial charge in [-0.1, -0.05) is 26.7 Å². The maximum atomic E-state index is 12.4. The van der Waals surface area contributed by atoms with Gasteiger partial charge in [0, 0.05) is 37.5 Å². The van der Waals surface area contributed by atoms with Gasteiger partial charge in [-0.05, 0) is 49.9 Å². The van der Waals surface area contributed by atoms with E-state index in [-0.39, 0.29) is 11.8 Å². The number of piperidine rings is 1. The maximum Gasteiger partial charge on any atom is 0.227 e. The summed E-state index contributed by atoms with van der Waals surface area (Å²) >= 11 is 0. The normalized spacial score (nSPS) is 15.8. The zero-order chi connectivity index (χ0) is 17.4. The van der Waals surface area contributed by atoms with Crippen LogP contribution in [-0.2, 0) is 9.53 Å². The van der Waals surface area contributed by atoms with E-state index in [1.54, 1.807) is 7.11 Å². The highest BCUT2D eigenvalue weighted by Crippen LogP contribution is 2.24. The number of carbonyl (C=O) groups is 1. The van der Waals surface area contributed by atoms with Gasteiger partial charge < -0.3 is 15.0 Å². The van der Waals surface area contributed by atoms with Gasteiger partial charge in [0.05, 0.1) is 6.10 Å². The Kier molecular flexibility index (Phi) is 7.57. The van der Waals surface area contributed by atoms with Crippen molar-refractivity contribution in [1.29, 1.82) is 0 Å². The quantitative estimate of drug-likeness (QED) is 0.764. The van der Waals surface area contributed by atoms with Gasteiger partial charge in [-0.2, -0.15) is 0 Å². The molecule has 1 saturated heterocycles. The number of amides is 1. The first kappa shape index (κ1) is 18.8. The molecule has 0 atom stereocenters. The van der Waals surface area contributed by atoms with Gasteiger partial charge in [-0.3, -0.25) is 4.79 Å². The Morgan fingerprint density at radius 1 is 1.17 bits per heavy atom. The molecule has 0 spiro atoms. The van der Waals surface area contributed by atoms with Crippen molar-refractivity contribution < 1.29 is 9.53 Å². The molecule has 1 heterocycles. The number of benzene rings is 1. The van der Waals surface area contributed by atoms with E-state index in [1.165, 1.54) is 5.69 Å². The van der Waals surface area contributed by atoms with E-state index in [9.17, 15) is 4.79 Å². The summed E-state index contributed by atoms with van der Waals surface area (Å²) in [6.45, 7) is 6.33. The molecule has 0 aliphatic carbocycles. The number of anilines is 2. The van der Waals surface area contributed by atoms with E-state index in [0.29, 0.717) is 6.10 Å². The zero-order valence-corrected chi connectivity index (χ0v) is 15.4. The van der Waals surface area contributed by atoms with E-state index in [0.717, 1.165) is 57.3 Å². The molecular weight excluding hydrogens is 300 g/mol. The Hall–Kier alpha value is -1.55. The van der Waals surface area contributed by atoms with Crippen molar-refractivity contribution in [2.75, 3.05) is 30.4 Å². The van der Waals surface area contributed by atoms with Crippen LogP contribution < -0.4 is 10.2 Å². The number of rotatable bonds is 8. The van der Waals surface area contributed by atoms with Crippen LogP contribution in [0.3, 0.4) is 0 Å². The van der Waals surface area contributed by atoms with Crippen LogP contribution in [0.4, 0.5) is 11.4 Å². The third-order valence-corrected chi connectivity index (χ3v) is 4.92. The van der Waals surface area contributed by atoms with Crippen LogP contribution in [0.15, 0.2) is 24.3 Å². The molecule has 4 nitrogen and oxygen atoms in total. The molecule has 4 heteroatoms. The van der Waals surface area contributed by atoms with E-state index >= 15 is 0 Å². The van der Waals surface area contributed by atoms with Crippen LogP contribution in [0.25, 0.3) is 0 Å². The van der Waals surface area contributed by atoms with Crippen LogP contribution in [0.1, 0.15) is 52.4 Å². The minimum atomic E-state index is 0.132. The summed E-state index contributed by atoms with van der Waals surface area (Å²) in [7, 11) is 1.79. The van der Waals surface area contributed by atoms with Crippen molar-refractivity contribution in [2.45, 2.75) is 58.5 Å². The lowest BCUT2D eigenvalue weighted by molar-refractivity contribution is -0.120. The number of hydrogen-bond donors (Lipinski definition) is 1. The predicted molar refractivity (Wildman–Crippen MR) is 101 cm³/mol. The van der Waals surface area contributed by atoms with Crippen molar-refractivity contribution in [3.05, 3.63) is 24.3 Å². The Labute approximate surface area is 146 Å². The molecule has 1 fully saturated rings. The number of nitrogens with one attached hydrogen (secondary N) is 1. The van der Waals surface area contributed by atoms with Gasteiger partial charge in [-0.15, -0.1) is 0 Å². The molecule has 1 aliphatic rings. The largest absolute Gasteiger partial charge is 0.381 e. The molecule has 134 valence electrons. The van der Waals surface area contributed by atoms with Crippen molar-refractivity contribution in [1.82, 2.24) is 0 Å². The van der Waals surface area contributed by atoms with Gasteiger partial charge >= 0.3 is 0 Å². The third-order valence-electron chi connectivity index (χ3n) is 4.92. The summed E-state index contributed by atoms with van der Waals surface area (Å²) in [5.74, 6) is 0.292. The maximum absolute atomic E-state index is 12.4. The van der Waals surface area contributed by atoms with Crippen molar-refractivity contribution in [3.8, 4) is 0 Å². The number of hydrogen-bond acceptors (Lipinski definition) is 3. The molecule has 0 radical (unpaired) electrons. The van der Waals surface area contributed by atoms with Crippen LogP contribution in [0.5, 0.6) is 0 Å². The van der Waals surface area contributed by atoms with E-state index in [1.807, 2.05) is 12.1 Å². The predicted octanol–water partition coefficient (Wildman–Crippen LogP) is 4.46. The van der Waals surface area contributed by atoms with Crippen LogP contribution in [0, 0.1) is 5.92 Å². The van der Waals surface area contributed by atoms with Gasteiger partial charge in [-0.25, -0.2) is 0 Å². The monoisotopic (exact) mass is 332 g/mol. The number of carbonyl (C=O) groups excluding carboxylic acids is 1. The fourth-order valence-electron chi connectivity index (χ4n) is 3.45. The molecule has 24 heavy (non-hydrogen) atoms. The zero-order valence-electron chi connectivity index (χ0n) is 15.4. The Morgan fingerprint density at radius 3 is 2.25 bits per heavy atom. The molecule has 0 unspecified atom stereocenters. The molecule has 1 amide bonds. The fraction of sp³-hybridized carbons (Fsp3) is 0.650. The molecule has 0 bridgehead atoms. The molecule has 1 aromatic rings. The Bertz CT molecular complexity index is 487. The smallest absolute Gasteiger partial charge is 0.227 e. The van der Waals surface area contributed by atoms with Crippen LogP contribution >= 0.6 is 0 Å². The first-order chi connectivity index (χ1) is 11.7. The van der Waals surface area contributed by atoms with E-state index in [4.69, 9.17) is 4.74 Å². The second-order valence-electron chi connectivity index (χ2n) is 6.73. The van der Waals surface area contributed by atoms with Gasteiger partial charge in [0.1, 0.15) is 0 Å². The van der Waals surface area contributed by atoms with E-state index < -0.39 is 0 Å². The molecule has 1 N–H and O–H groups in total. The second kappa shape index (κ2) is 9.67. The number of nitrogens with zero attached hydrogens (tertiary/aromatic N) is 1. The topological polar surface area (TPSA) is 41.6 Å². The minimum Gasteiger partial charge on any atom is -0.381 e. The molecular formula is C20H32N2O2. The van der Waals surface area contributed by atoms with Crippen molar-refractivity contribution >= 4 is 17.3 Å². The highest BCUT2D eigenvalue weighted by molar-refractivity contribution is 5.92. The lowest BCUT2D eigenvalue weighted by Crippen LogP contribution is -2.36. The molecule has 0 saturated carbocycles. The summed E-state index contributed by atoms with van der Waals surface area (Å²) in [6.07, 6.45) is 6.57. The highest BCUT2D eigenvalue weighted by Gasteiger charge is 2.19. The van der Waals surface area contributed by atoms with E-state index in [2.05, 4.69) is 36.2 Å². The first-order valence-corrected chi connectivity index (χ1v) is 9.36. The average molecular weight is 332 g/mol. The summed E-state index contributed by atoms with van der Waals surface area (Å²) in [5, 5.41) is 3.08.